The zero-order chi connectivity index (χ0) is 19.2. The molecule has 3 heterocycles. The average Bonchev–Trinajstić information content (AvgIpc) is 3.11. The van der Waals surface area contributed by atoms with E-state index in [0.717, 1.165) is 44.8 Å². The number of likely N-dealkylation sites (N-methyl/N-ethyl adjacent to an activating group) is 1. The third-order valence-electron chi connectivity index (χ3n) is 5.80. The molecule has 2 N–H and O–H groups in total. The van der Waals surface area contributed by atoms with Crippen molar-refractivity contribution in [2.75, 3.05) is 64.4 Å². The lowest BCUT2D eigenvalue weighted by Crippen LogP contribution is -2.37. The van der Waals surface area contributed by atoms with Crippen molar-refractivity contribution in [1.82, 2.24) is 14.8 Å². The fraction of sp³-hybridized carbons (Fsp3) is 0.700. The van der Waals surface area contributed by atoms with Crippen LogP contribution < -0.4 is 4.90 Å². The molecule has 0 unspecified atom stereocenters. The van der Waals surface area contributed by atoms with Crippen LogP contribution in [-0.2, 0) is 0 Å². The number of likely N-dealkylation sites (tertiary alicyclic amines) is 1. The summed E-state index contributed by atoms with van der Waals surface area (Å²) in [5.41, 5.74) is 0.667. The summed E-state index contributed by atoms with van der Waals surface area (Å²) in [6.07, 6.45) is 5.06. The second kappa shape index (κ2) is 9.48. The summed E-state index contributed by atoms with van der Waals surface area (Å²) < 4.78 is 0. The van der Waals surface area contributed by atoms with Gasteiger partial charge in [0.05, 0.1) is 12.2 Å². The number of anilines is 1. The van der Waals surface area contributed by atoms with Crippen LogP contribution in [0.4, 0.5) is 5.82 Å². The number of carbonyl (C=O) groups excluding carboxylic acids is 1. The molecule has 1 aromatic heterocycles. The van der Waals surface area contributed by atoms with Crippen molar-refractivity contribution < 1.29 is 15.0 Å². The highest BCUT2D eigenvalue weighted by Crippen LogP contribution is 2.30. The predicted molar refractivity (Wildman–Crippen MR) is 105 cm³/mol. The zero-order valence-corrected chi connectivity index (χ0v) is 16.3. The van der Waals surface area contributed by atoms with Gasteiger partial charge in [-0.1, -0.05) is 0 Å². The van der Waals surface area contributed by atoms with Crippen molar-refractivity contribution in [2.45, 2.75) is 19.3 Å². The Morgan fingerprint density at radius 2 is 1.96 bits per heavy atom. The molecule has 27 heavy (non-hydrogen) atoms. The minimum absolute atomic E-state index is 0.0687. The quantitative estimate of drug-likeness (QED) is 0.728. The highest BCUT2D eigenvalue weighted by Gasteiger charge is 2.35. The van der Waals surface area contributed by atoms with Crippen LogP contribution in [0.25, 0.3) is 0 Å². The molecular weight excluding hydrogens is 344 g/mol. The molecule has 2 aliphatic rings. The Morgan fingerprint density at radius 3 is 2.67 bits per heavy atom. The zero-order valence-electron chi connectivity index (χ0n) is 16.3. The number of aromatic nitrogens is 1. The molecule has 1 aromatic rings. The van der Waals surface area contributed by atoms with Crippen LogP contribution in [0.15, 0.2) is 18.3 Å². The van der Waals surface area contributed by atoms with E-state index in [1.165, 1.54) is 6.42 Å². The number of hydrogen-bond donors (Lipinski definition) is 2. The normalized spacial score (nSPS) is 23.3. The molecule has 2 atom stereocenters. The summed E-state index contributed by atoms with van der Waals surface area (Å²) in [4.78, 5) is 23.8. The van der Waals surface area contributed by atoms with E-state index >= 15 is 0 Å². The van der Waals surface area contributed by atoms with Gasteiger partial charge in [-0.2, -0.15) is 0 Å². The Kier molecular flexibility index (Phi) is 7.04. The van der Waals surface area contributed by atoms with Crippen molar-refractivity contribution in [3.63, 3.8) is 0 Å². The van der Waals surface area contributed by atoms with E-state index in [4.69, 9.17) is 5.11 Å². The molecular formula is C20H32N4O3. The van der Waals surface area contributed by atoms with Crippen LogP contribution in [-0.4, -0.2) is 90.4 Å². The Labute approximate surface area is 161 Å². The fourth-order valence-electron chi connectivity index (χ4n) is 4.27. The molecule has 0 radical (unpaired) electrons. The number of pyridine rings is 1. The lowest BCUT2D eigenvalue weighted by Gasteiger charge is -2.28. The van der Waals surface area contributed by atoms with Gasteiger partial charge in [0.25, 0.3) is 5.91 Å². The van der Waals surface area contributed by atoms with E-state index in [2.05, 4.69) is 14.8 Å². The maximum absolute atomic E-state index is 13.0. The summed E-state index contributed by atoms with van der Waals surface area (Å²) in [7, 11) is 1.99. The molecule has 1 amide bonds. The lowest BCUT2D eigenvalue weighted by molar-refractivity contribution is 0.0724. The van der Waals surface area contributed by atoms with Gasteiger partial charge in [0.1, 0.15) is 5.82 Å². The fourth-order valence-corrected chi connectivity index (χ4v) is 4.27. The van der Waals surface area contributed by atoms with Crippen molar-refractivity contribution in [3.8, 4) is 0 Å². The second-order valence-electron chi connectivity index (χ2n) is 7.82. The minimum atomic E-state index is 0.0687. The lowest BCUT2D eigenvalue weighted by atomic mass is 9.96. The SMILES string of the molecule is CN(CCO)C[C@@H]1CN(c2ncccc2C(=O)N2CCCCC2)C[C@@H]1CO. The van der Waals surface area contributed by atoms with Crippen molar-refractivity contribution >= 4 is 11.7 Å². The molecule has 2 saturated heterocycles. The monoisotopic (exact) mass is 376 g/mol. The second-order valence-corrected chi connectivity index (χ2v) is 7.82. The van der Waals surface area contributed by atoms with Crippen LogP contribution >= 0.6 is 0 Å². The first kappa shape index (κ1) is 20.0. The third-order valence-corrected chi connectivity index (χ3v) is 5.80. The number of carbonyl (C=O) groups is 1. The van der Waals surface area contributed by atoms with E-state index in [0.29, 0.717) is 18.7 Å². The number of aliphatic hydroxyl groups excluding tert-OH is 2. The topological polar surface area (TPSA) is 80.1 Å². The molecule has 150 valence electrons. The van der Waals surface area contributed by atoms with Gasteiger partial charge in [0.15, 0.2) is 0 Å². The number of rotatable bonds is 7. The average molecular weight is 377 g/mol. The Bertz CT molecular complexity index is 621. The van der Waals surface area contributed by atoms with Crippen molar-refractivity contribution in [2.24, 2.45) is 11.8 Å². The Balaban J connectivity index is 1.75. The van der Waals surface area contributed by atoms with Crippen LogP contribution in [0.3, 0.4) is 0 Å². The smallest absolute Gasteiger partial charge is 0.257 e. The maximum Gasteiger partial charge on any atom is 0.257 e. The van der Waals surface area contributed by atoms with Gasteiger partial charge in [-0.05, 0) is 44.4 Å². The van der Waals surface area contributed by atoms with E-state index in [1.807, 2.05) is 24.1 Å². The predicted octanol–water partition coefficient (Wildman–Crippen LogP) is 0.677. The molecule has 0 saturated carbocycles. The van der Waals surface area contributed by atoms with Gasteiger partial charge in [-0.25, -0.2) is 4.98 Å². The standard InChI is InChI=1S/C20H32N4O3/c1-22(10-11-25)12-16-13-24(14-17(16)15-26)19-18(6-5-7-21-19)20(27)23-8-3-2-4-9-23/h5-7,16-17,25-26H,2-4,8-15H2,1H3/t16-,17-/m1/s1. The first-order valence-corrected chi connectivity index (χ1v) is 10.0. The number of piperidine rings is 1. The van der Waals surface area contributed by atoms with Gasteiger partial charge in [-0.15, -0.1) is 0 Å². The highest BCUT2D eigenvalue weighted by atomic mass is 16.3. The van der Waals surface area contributed by atoms with Gasteiger partial charge in [-0.3, -0.25) is 4.79 Å². The first-order valence-electron chi connectivity index (χ1n) is 10.0. The third kappa shape index (κ3) is 4.78. The number of hydrogen-bond acceptors (Lipinski definition) is 6. The Hall–Kier alpha value is -1.70. The number of aliphatic hydroxyl groups is 2. The molecule has 0 aliphatic carbocycles. The highest BCUT2D eigenvalue weighted by molar-refractivity contribution is 5.99. The van der Waals surface area contributed by atoms with E-state index in [1.54, 1.807) is 6.20 Å². The molecule has 0 aromatic carbocycles. The van der Waals surface area contributed by atoms with Crippen molar-refractivity contribution in [1.29, 1.82) is 0 Å². The maximum atomic E-state index is 13.0. The Morgan fingerprint density at radius 1 is 1.22 bits per heavy atom. The summed E-state index contributed by atoms with van der Waals surface area (Å²) in [5.74, 6) is 1.23. The molecule has 7 nitrogen and oxygen atoms in total. The number of nitrogens with zero attached hydrogens (tertiary/aromatic N) is 4. The van der Waals surface area contributed by atoms with Gasteiger partial charge in [0.2, 0.25) is 0 Å². The largest absolute Gasteiger partial charge is 0.396 e. The number of amides is 1. The first-order chi connectivity index (χ1) is 13.1. The molecule has 2 fully saturated rings. The summed E-state index contributed by atoms with van der Waals surface area (Å²) in [6.45, 7) is 4.79. The summed E-state index contributed by atoms with van der Waals surface area (Å²) >= 11 is 0. The molecule has 2 aliphatic heterocycles. The van der Waals surface area contributed by atoms with Gasteiger partial charge < -0.3 is 24.9 Å². The van der Waals surface area contributed by atoms with E-state index < -0.39 is 0 Å². The minimum Gasteiger partial charge on any atom is -0.396 e. The van der Waals surface area contributed by atoms with E-state index in [9.17, 15) is 9.90 Å². The van der Waals surface area contributed by atoms with Gasteiger partial charge in [0, 0.05) is 58.0 Å². The summed E-state index contributed by atoms with van der Waals surface area (Å²) in [5, 5.41) is 19.0. The van der Waals surface area contributed by atoms with Crippen LogP contribution in [0.5, 0.6) is 0 Å². The van der Waals surface area contributed by atoms with Crippen LogP contribution in [0, 0.1) is 11.8 Å². The van der Waals surface area contributed by atoms with Crippen LogP contribution in [0.1, 0.15) is 29.6 Å². The van der Waals surface area contributed by atoms with Crippen LogP contribution in [0.2, 0.25) is 0 Å². The molecule has 7 heteroatoms. The molecule has 0 spiro atoms. The molecule has 0 bridgehead atoms. The molecule has 3 rings (SSSR count). The van der Waals surface area contributed by atoms with Gasteiger partial charge >= 0.3 is 0 Å². The van der Waals surface area contributed by atoms with Crippen molar-refractivity contribution in [3.05, 3.63) is 23.9 Å². The van der Waals surface area contributed by atoms with E-state index in [-0.39, 0.29) is 31.0 Å². The summed E-state index contributed by atoms with van der Waals surface area (Å²) in [6, 6.07) is 3.70.